The Morgan fingerprint density at radius 3 is 2.67 bits per heavy atom. The molecule has 0 radical (unpaired) electrons. The first-order valence-corrected chi connectivity index (χ1v) is 6.64. The SMILES string of the molecule is CCCC1CCN(C(=N)C2CCCC2)C1. The number of rotatable bonds is 3. The second kappa shape index (κ2) is 5.00. The second-order valence-corrected chi connectivity index (χ2v) is 5.26. The Balaban J connectivity index is 1.81. The highest BCUT2D eigenvalue weighted by atomic mass is 15.2. The zero-order valence-electron chi connectivity index (χ0n) is 9.97. The first kappa shape index (κ1) is 11.0. The molecule has 0 amide bonds. The third-order valence-electron chi connectivity index (χ3n) is 4.07. The van der Waals surface area contributed by atoms with E-state index in [1.807, 2.05) is 0 Å². The Bertz CT molecular complexity index is 219. The number of nitrogens with zero attached hydrogens (tertiary/aromatic N) is 1. The van der Waals surface area contributed by atoms with Crippen LogP contribution in [-0.4, -0.2) is 23.8 Å². The topological polar surface area (TPSA) is 27.1 Å². The first-order valence-electron chi connectivity index (χ1n) is 6.64. The summed E-state index contributed by atoms with van der Waals surface area (Å²) in [7, 11) is 0. The predicted octanol–water partition coefficient (Wildman–Crippen LogP) is 3.28. The van der Waals surface area contributed by atoms with Crippen molar-refractivity contribution in [3.05, 3.63) is 0 Å². The van der Waals surface area contributed by atoms with Gasteiger partial charge in [0.2, 0.25) is 0 Å². The first-order chi connectivity index (χ1) is 7.31. The van der Waals surface area contributed by atoms with Gasteiger partial charge >= 0.3 is 0 Å². The molecule has 1 saturated heterocycles. The van der Waals surface area contributed by atoms with Gasteiger partial charge in [0.1, 0.15) is 0 Å². The molecule has 2 aliphatic rings. The summed E-state index contributed by atoms with van der Waals surface area (Å²) >= 11 is 0. The van der Waals surface area contributed by atoms with Gasteiger partial charge in [-0.25, -0.2) is 0 Å². The molecule has 0 aromatic rings. The van der Waals surface area contributed by atoms with Crippen LogP contribution in [0.1, 0.15) is 51.9 Å². The molecular weight excluding hydrogens is 184 g/mol. The molecule has 1 aliphatic carbocycles. The number of amidine groups is 1. The van der Waals surface area contributed by atoms with Gasteiger partial charge in [-0.15, -0.1) is 0 Å². The number of likely N-dealkylation sites (tertiary alicyclic amines) is 1. The molecule has 2 heteroatoms. The fourth-order valence-electron chi connectivity index (χ4n) is 3.15. The van der Waals surface area contributed by atoms with Gasteiger partial charge in [-0.2, -0.15) is 0 Å². The normalized spacial score (nSPS) is 27.5. The van der Waals surface area contributed by atoms with E-state index in [4.69, 9.17) is 5.41 Å². The van der Waals surface area contributed by atoms with Crippen molar-refractivity contribution >= 4 is 5.84 Å². The summed E-state index contributed by atoms with van der Waals surface area (Å²) in [6, 6.07) is 0. The van der Waals surface area contributed by atoms with Crippen LogP contribution in [-0.2, 0) is 0 Å². The van der Waals surface area contributed by atoms with E-state index in [1.165, 1.54) is 51.5 Å². The van der Waals surface area contributed by atoms with Crippen LogP contribution in [0.4, 0.5) is 0 Å². The molecule has 0 spiro atoms. The fraction of sp³-hybridized carbons (Fsp3) is 0.923. The van der Waals surface area contributed by atoms with E-state index < -0.39 is 0 Å². The summed E-state index contributed by atoms with van der Waals surface area (Å²) in [6.45, 7) is 4.59. The molecular formula is C13H24N2. The zero-order chi connectivity index (χ0) is 10.7. The van der Waals surface area contributed by atoms with Gasteiger partial charge in [0.15, 0.2) is 0 Å². The Kier molecular flexibility index (Phi) is 3.66. The second-order valence-electron chi connectivity index (χ2n) is 5.26. The van der Waals surface area contributed by atoms with Crippen LogP contribution in [0.2, 0.25) is 0 Å². The highest BCUT2D eigenvalue weighted by molar-refractivity contribution is 5.82. The molecule has 86 valence electrons. The number of nitrogens with one attached hydrogen (secondary N) is 1. The van der Waals surface area contributed by atoms with E-state index >= 15 is 0 Å². The van der Waals surface area contributed by atoms with Crippen molar-refractivity contribution in [2.75, 3.05) is 13.1 Å². The van der Waals surface area contributed by atoms with E-state index in [0.29, 0.717) is 5.92 Å². The smallest absolute Gasteiger partial charge is 0.0989 e. The van der Waals surface area contributed by atoms with Gasteiger partial charge in [0.25, 0.3) is 0 Å². The molecule has 0 aromatic heterocycles. The van der Waals surface area contributed by atoms with Crippen LogP contribution < -0.4 is 0 Å². The van der Waals surface area contributed by atoms with Crippen molar-refractivity contribution in [1.82, 2.24) is 4.90 Å². The third-order valence-corrected chi connectivity index (χ3v) is 4.07. The largest absolute Gasteiger partial charge is 0.360 e. The summed E-state index contributed by atoms with van der Waals surface area (Å²) in [5.41, 5.74) is 0. The maximum atomic E-state index is 8.23. The quantitative estimate of drug-likeness (QED) is 0.559. The monoisotopic (exact) mass is 208 g/mol. The van der Waals surface area contributed by atoms with Crippen LogP contribution in [0, 0.1) is 17.2 Å². The Labute approximate surface area is 93.6 Å². The fourth-order valence-corrected chi connectivity index (χ4v) is 3.15. The molecule has 1 saturated carbocycles. The molecule has 1 unspecified atom stereocenters. The van der Waals surface area contributed by atoms with Crippen molar-refractivity contribution in [3.8, 4) is 0 Å². The highest BCUT2D eigenvalue weighted by Gasteiger charge is 2.29. The van der Waals surface area contributed by atoms with Gasteiger partial charge in [0, 0.05) is 19.0 Å². The van der Waals surface area contributed by atoms with Crippen molar-refractivity contribution < 1.29 is 0 Å². The van der Waals surface area contributed by atoms with Crippen molar-refractivity contribution in [2.45, 2.75) is 51.9 Å². The summed E-state index contributed by atoms with van der Waals surface area (Å²) < 4.78 is 0. The standard InChI is InChI=1S/C13H24N2/c1-2-5-11-8-9-15(10-11)13(14)12-6-3-4-7-12/h11-12,14H,2-10H2,1H3. The van der Waals surface area contributed by atoms with Gasteiger partial charge in [-0.3, -0.25) is 5.41 Å². The molecule has 0 aromatic carbocycles. The lowest BCUT2D eigenvalue weighted by molar-refractivity contribution is 0.431. The highest BCUT2D eigenvalue weighted by Crippen LogP contribution is 2.29. The Morgan fingerprint density at radius 2 is 2.00 bits per heavy atom. The number of hydrogen-bond donors (Lipinski definition) is 1. The predicted molar refractivity (Wildman–Crippen MR) is 64.3 cm³/mol. The number of hydrogen-bond acceptors (Lipinski definition) is 1. The van der Waals surface area contributed by atoms with Crippen LogP contribution in [0.25, 0.3) is 0 Å². The third kappa shape index (κ3) is 2.53. The van der Waals surface area contributed by atoms with E-state index in [1.54, 1.807) is 0 Å². The minimum Gasteiger partial charge on any atom is -0.360 e. The lowest BCUT2D eigenvalue weighted by Crippen LogP contribution is -2.32. The van der Waals surface area contributed by atoms with Crippen LogP contribution in [0.5, 0.6) is 0 Å². The molecule has 0 bridgehead atoms. The van der Waals surface area contributed by atoms with Crippen LogP contribution in [0.15, 0.2) is 0 Å². The van der Waals surface area contributed by atoms with Crippen molar-refractivity contribution in [1.29, 1.82) is 5.41 Å². The van der Waals surface area contributed by atoms with Gasteiger partial charge in [0.05, 0.1) is 5.84 Å². The maximum absolute atomic E-state index is 8.23. The average molecular weight is 208 g/mol. The Hall–Kier alpha value is -0.530. The van der Waals surface area contributed by atoms with Crippen molar-refractivity contribution in [2.24, 2.45) is 11.8 Å². The lowest BCUT2D eigenvalue weighted by Gasteiger charge is -2.23. The Morgan fingerprint density at radius 1 is 1.27 bits per heavy atom. The lowest BCUT2D eigenvalue weighted by atomic mass is 10.0. The van der Waals surface area contributed by atoms with Crippen molar-refractivity contribution in [3.63, 3.8) is 0 Å². The molecule has 2 nitrogen and oxygen atoms in total. The van der Waals surface area contributed by atoms with Gasteiger partial charge in [-0.05, 0) is 31.6 Å². The van der Waals surface area contributed by atoms with E-state index in [-0.39, 0.29) is 0 Å². The van der Waals surface area contributed by atoms with E-state index in [9.17, 15) is 0 Å². The van der Waals surface area contributed by atoms with E-state index in [2.05, 4.69) is 11.8 Å². The average Bonchev–Trinajstić information content (AvgIpc) is 2.87. The molecule has 2 rings (SSSR count). The van der Waals surface area contributed by atoms with Gasteiger partial charge in [-0.1, -0.05) is 26.2 Å². The summed E-state index contributed by atoms with van der Waals surface area (Å²) in [6.07, 6.45) is 9.22. The maximum Gasteiger partial charge on any atom is 0.0989 e. The molecule has 1 heterocycles. The molecule has 1 N–H and O–H groups in total. The molecule has 2 fully saturated rings. The minimum absolute atomic E-state index is 0.602. The zero-order valence-corrected chi connectivity index (χ0v) is 9.97. The molecule has 1 atom stereocenters. The van der Waals surface area contributed by atoms with Crippen LogP contribution >= 0.6 is 0 Å². The molecule has 15 heavy (non-hydrogen) atoms. The summed E-state index contributed by atoms with van der Waals surface area (Å²) in [5.74, 6) is 2.44. The van der Waals surface area contributed by atoms with Crippen LogP contribution in [0.3, 0.4) is 0 Å². The minimum atomic E-state index is 0.602. The summed E-state index contributed by atoms with van der Waals surface area (Å²) in [4.78, 5) is 2.36. The summed E-state index contributed by atoms with van der Waals surface area (Å²) in [5, 5.41) is 8.23. The van der Waals surface area contributed by atoms with Gasteiger partial charge < -0.3 is 4.90 Å². The van der Waals surface area contributed by atoms with E-state index in [0.717, 1.165) is 18.3 Å². The molecule has 1 aliphatic heterocycles.